The van der Waals surface area contributed by atoms with Gasteiger partial charge in [-0.15, -0.1) is 0 Å². The van der Waals surface area contributed by atoms with Crippen molar-refractivity contribution in [3.63, 3.8) is 0 Å². The van der Waals surface area contributed by atoms with Crippen molar-refractivity contribution in [3.8, 4) is 5.75 Å². The minimum atomic E-state index is 0.612. The van der Waals surface area contributed by atoms with Gasteiger partial charge < -0.3 is 10.1 Å². The van der Waals surface area contributed by atoms with Gasteiger partial charge >= 0.3 is 0 Å². The highest BCUT2D eigenvalue weighted by atomic mass is 16.5. The van der Waals surface area contributed by atoms with Crippen LogP contribution in [0.15, 0.2) is 24.3 Å². The number of methoxy groups -OCH3 is 1. The Morgan fingerprint density at radius 3 is 2.93 bits per heavy atom. The van der Waals surface area contributed by atoms with Gasteiger partial charge in [-0.25, -0.2) is 0 Å². The van der Waals surface area contributed by atoms with Crippen LogP contribution in [-0.2, 0) is 0 Å². The first kappa shape index (κ1) is 10.5. The molecule has 1 aromatic rings. The van der Waals surface area contributed by atoms with Gasteiger partial charge in [0.1, 0.15) is 5.75 Å². The molecule has 2 heteroatoms. The van der Waals surface area contributed by atoms with Gasteiger partial charge in [0.25, 0.3) is 0 Å². The van der Waals surface area contributed by atoms with Crippen LogP contribution in [0, 0.1) is 0 Å². The molecule has 0 aromatic heterocycles. The Morgan fingerprint density at radius 2 is 2.20 bits per heavy atom. The largest absolute Gasteiger partial charge is 0.496 e. The molecule has 0 amide bonds. The van der Waals surface area contributed by atoms with E-state index in [-0.39, 0.29) is 0 Å². The Morgan fingerprint density at radius 1 is 1.40 bits per heavy atom. The van der Waals surface area contributed by atoms with E-state index in [1.54, 1.807) is 7.11 Å². The number of ether oxygens (including phenoxy) is 1. The maximum Gasteiger partial charge on any atom is 0.122 e. The Bertz CT molecular complexity index is 324. The van der Waals surface area contributed by atoms with Crippen LogP contribution in [0.1, 0.15) is 31.2 Å². The van der Waals surface area contributed by atoms with Gasteiger partial charge in [0, 0.05) is 12.0 Å². The summed E-state index contributed by atoms with van der Waals surface area (Å²) in [6.45, 7) is 3.37. The smallest absolute Gasteiger partial charge is 0.122 e. The van der Waals surface area contributed by atoms with E-state index >= 15 is 0 Å². The second kappa shape index (κ2) is 4.67. The summed E-state index contributed by atoms with van der Waals surface area (Å²) in [4.78, 5) is 0. The second-order valence-corrected chi connectivity index (χ2v) is 4.11. The molecule has 2 unspecified atom stereocenters. The predicted octanol–water partition coefficient (Wildman–Crippen LogP) is 2.55. The SMILES string of the molecule is CCC1NCCC1c1ccccc1OC. The van der Waals surface area contributed by atoms with Crippen molar-refractivity contribution < 1.29 is 4.74 Å². The molecule has 1 saturated heterocycles. The molecule has 15 heavy (non-hydrogen) atoms. The maximum atomic E-state index is 5.42. The van der Waals surface area contributed by atoms with E-state index in [0.29, 0.717) is 12.0 Å². The molecule has 0 bridgehead atoms. The van der Waals surface area contributed by atoms with Gasteiger partial charge in [-0.05, 0) is 31.0 Å². The number of rotatable bonds is 3. The fourth-order valence-corrected chi connectivity index (χ4v) is 2.54. The molecule has 1 aromatic carbocycles. The van der Waals surface area contributed by atoms with Crippen LogP contribution in [0.5, 0.6) is 5.75 Å². The number of hydrogen-bond acceptors (Lipinski definition) is 2. The van der Waals surface area contributed by atoms with Crippen molar-refractivity contribution in [2.24, 2.45) is 0 Å². The number of benzene rings is 1. The standard InChI is InChI=1S/C13H19NO/c1-3-12-10(8-9-14-12)11-6-4-5-7-13(11)15-2/h4-7,10,12,14H,3,8-9H2,1-2H3. The summed E-state index contributed by atoms with van der Waals surface area (Å²) in [5, 5.41) is 3.55. The molecular weight excluding hydrogens is 186 g/mol. The average molecular weight is 205 g/mol. The topological polar surface area (TPSA) is 21.3 Å². The van der Waals surface area contributed by atoms with E-state index in [2.05, 4.69) is 30.4 Å². The van der Waals surface area contributed by atoms with Crippen molar-refractivity contribution in [1.29, 1.82) is 0 Å². The van der Waals surface area contributed by atoms with Crippen molar-refractivity contribution in [3.05, 3.63) is 29.8 Å². The third kappa shape index (κ3) is 2.00. The van der Waals surface area contributed by atoms with Crippen molar-refractivity contribution in [2.45, 2.75) is 31.7 Å². The number of hydrogen-bond donors (Lipinski definition) is 1. The first-order valence-electron chi connectivity index (χ1n) is 5.73. The molecule has 1 N–H and O–H groups in total. The first-order chi connectivity index (χ1) is 7.36. The van der Waals surface area contributed by atoms with Crippen LogP contribution < -0.4 is 10.1 Å². The third-order valence-electron chi connectivity index (χ3n) is 3.33. The van der Waals surface area contributed by atoms with E-state index in [9.17, 15) is 0 Å². The third-order valence-corrected chi connectivity index (χ3v) is 3.33. The van der Waals surface area contributed by atoms with Gasteiger partial charge in [0.15, 0.2) is 0 Å². The number of nitrogens with one attached hydrogen (secondary N) is 1. The Kier molecular flexibility index (Phi) is 3.27. The van der Waals surface area contributed by atoms with Gasteiger partial charge in [-0.1, -0.05) is 25.1 Å². The molecular formula is C13H19NO. The molecule has 2 rings (SSSR count). The summed E-state index contributed by atoms with van der Waals surface area (Å²) < 4.78 is 5.42. The van der Waals surface area contributed by atoms with Crippen molar-refractivity contribution in [2.75, 3.05) is 13.7 Å². The highest BCUT2D eigenvalue weighted by Gasteiger charge is 2.28. The van der Waals surface area contributed by atoms with Crippen LogP contribution in [0.4, 0.5) is 0 Å². The van der Waals surface area contributed by atoms with Gasteiger partial charge in [0.2, 0.25) is 0 Å². The quantitative estimate of drug-likeness (QED) is 0.818. The summed E-state index contributed by atoms with van der Waals surface area (Å²) >= 11 is 0. The van der Waals surface area contributed by atoms with Gasteiger partial charge in [-0.2, -0.15) is 0 Å². The van der Waals surface area contributed by atoms with Gasteiger partial charge in [0.05, 0.1) is 7.11 Å². The van der Waals surface area contributed by atoms with Crippen molar-refractivity contribution in [1.82, 2.24) is 5.32 Å². The Labute approximate surface area is 91.6 Å². The molecule has 2 atom stereocenters. The molecule has 1 heterocycles. The molecule has 0 aliphatic carbocycles. The summed E-state index contributed by atoms with van der Waals surface area (Å²) in [6.07, 6.45) is 2.40. The minimum Gasteiger partial charge on any atom is -0.496 e. The molecule has 0 spiro atoms. The Balaban J connectivity index is 2.27. The van der Waals surface area contributed by atoms with E-state index in [0.717, 1.165) is 12.3 Å². The maximum absolute atomic E-state index is 5.42. The van der Waals surface area contributed by atoms with E-state index in [1.165, 1.54) is 18.4 Å². The molecule has 2 nitrogen and oxygen atoms in total. The van der Waals surface area contributed by atoms with Gasteiger partial charge in [-0.3, -0.25) is 0 Å². The molecule has 0 radical (unpaired) electrons. The second-order valence-electron chi connectivity index (χ2n) is 4.11. The van der Waals surface area contributed by atoms with Crippen LogP contribution in [0.2, 0.25) is 0 Å². The van der Waals surface area contributed by atoms with E-state index in [1.807, 2.05) is 6.07 Å². The van der Waals surface area contributed by atoms with Crippen LogP contribution >= 0.6 is 0 Å². The van der Waals surface area contributed by atoms with Crippen LogP contribution in [0.25, 0.3) is 0 Å². The molecule has 1 fully saturated rings. The molecule has 1 aliphatic heterocycles. The summed E-state index contributed by atoms with van der Waals surface area (Å²) in [5.41, 5.74) is 1.36. The normalized spacial score (nSPS) is 25.5. The molecule has 1 aliphatic rings. The zero-order valence-electron chi connectivity index (χ0n) is 9.49. The molecule has 82 valence electrons. The summed E-state index contributed by atoms with van der Waals surface area (Å²) in [6, 6.07) is 9.00. The zero-order chi connectivity index (χ0) is 10.7. The highest BCUT2D eigenvalue weighted by Crippen LogP contribution is 2.34. The van der Waals surface area contributed by atoms with E-state index in [4.69, 9.17) is 4.74 Å². The predicted molar refractivity (Wildman–Crippen MR) is 62.4 cm³/mol. The lowest BCUT2D eigenvalue weighted by molar-refractivity contribution is 0.401. The fraction of sp³-hybridized carbons (Fsp3) is 0.538. The summed E-state index contributed by atoms with van der Waals surface area (Å²) in [7, 11) is 1.75. The highest BCUT2D eigenvalue weighted by molar-refractivity contribution is 5.37. The minimum absolute atomic E-state index is 0.612. The number of para-hydroxylation sites is 1. The monoisotopic (exact) mass is 205 g/mol. The van der Waals surface area contributed by atoms with Crippen LogP contribution in [0.3, 0.4) is 0 Å². The van der Waals surface area contributed by atoms with Crippen molar-refractivity contribution >= 4 is 0 Å². The summed E-state index contributed by atoms with van der Waals surface area (Å²) in [5.74, 6) is 1.65. The lowest BCUT2D eigenvalue weighted by Gasteiger charge is -2.20. The van der Waals surface area contributed by atoms with Crippen LogP contribution in [-0.4, -0.2) is 19.7 Å². The zero-order valence-corrected chi connectivity index (χ0v) is 9.49. The fourth-order valence-electron chi connectivity index (χ4n) is 2.54. The average Bonchev–Trinajstić information content (AvgIpc) is 2.76. The molecule has 0 saturated carbocycles. The Hall–Kier alpha value is -1.02. The van der Waals surface area contributed by atoms with E-state index < -0.39 is 0 Å². The first-order valence-corrected chi connectivity index (χ1v) is 5.73. The lowest BCUT2D eigenvalue weighted by Crippen LogP contribution is -2.24. The lowest BCUT2D eigenvalue weighted by atomic mass is 9.90.